The second-order valence-corrected chi connectivity index (χ2v) is 17.9. The Kier molecular flexibility index (Phi) is 48.1. The standard InChI is InChI=1S/C54H101NO5/c1-3-5-7-9-11-13-15-16-17-22-25-28-32-36-40-44-48-54(59)60-49-45-41-37-33-29-26-23-20-18-19-21-24-27-31-35-39-43-47-53(58)55-51(50-56)52(57)46-42-38-34-30-14-12-10-8-6-4-2/h13,15,17,22,42,46,51-52,56-57H,3-12,14,16,18-21,23-41,43-45,47-50H2,1-2H3,(H,55,58)/b15-13-,22-17-,46-42+. The first-order chi connectivity index (χ1) is 29.5. The van der Waals surface area contributed by atoms with Gasteiger partial charge in [-0.05, 0) is 64.2 Å². The summed E-state index contributed by atoms with van der Waals surface area (Å²) in [6.07, 6.45) is 60.1. The Morgan fingerprint density at radius 2 is 0.833 bits per heavy atom. The van der Waals surface area contributed by atoms with Gasteiger partial charge < -0.3 is 20.3 Å². The van der Waals surface area contributed by atoms with Crippen molar-refractivity contribution in [1.82, 2.24) is 5.32 Å². The molecule has 3 N–H and O–H groups in total. The quantitative estimate of drug-likeness (QED) is 0.0322. The molecule has 0 aliphatic rings. The van der Waals surface area contributed by atoms with Crippen LogP contribution in [0.2, 0.25) is 0 Å². The Bertz CT molecular complexity index is 977. The number of hydrogen-bond acceptors (Lipinski definition) is 5. The molecule has 0 aromatic heterocycles. The van der Waals surface area contributed by atoms with E-state index in [0.29, 0.717) is 19.4 Å². The van der Waals surface area contributed by atoms with Gasteiger partial charge in [0.2, 0.25) is 5.91 Å². The molecule has 0 saturated heterocycles. The van der Waals surface area contributed by atoms with E-state index in [1.165, 1.54) is 193 Å². The minimum Gasteiger partial charge on any atom is -0.466 e. The first kappa shape index (κ1) is 58.1. The van der Waals surface area contributed by atoms with Crippen LogP contribution in [-0.4, -0.2) is 47.4 Å². The molecule has 0 aliphatic carbocycles. The van der Waals surface area contributed by atoms with Crippen LogP contribution in [0.5, 0.6) is 0 Å². The highest BCUT2D eigenvalue weighted by molar-refractivity contribution is 5.76. The number of allylic oxidation sites excluding steroid dienone is 5. The van der Waals surface area contributed by atoms with E-state index < -0.39 is 12.1 Å². The van der Waals surface area contributed by atoms with Crippen LogP contribution in [-0.2, 0) is 14.3 Å². The normalized spacial score (nSPS) is 12.9. The van der Waals surface area contributed by atoms with Gasteiger partial charge in [0.05, 0.1) is 25.4 Å². The van der Waals surface area contributed by atoms with E-state index in [4.69, 9.17) is 4.74 Å². The Labute approximate surface area is 373 Å². The molecule has 60 heavy (non-hydrogen) atoms. The molecule has 0 aliphatic heterocycles. The third kappa shape index (κ3) is 45.6. The van der Waals surface area contributed by atoms with Gasteiger partial charge in [0.15, 0.2) is 0 Å². The fourth-order valence-electron chi connectivity index (χ4n) is 7.84. The summed E-state index contributed by atoms with van der Waals surface area (Å²) in [6, 6.07) is -0.630. The van der Waals surface area contributed by atoms with Gasteiger partial charge >= 0.3 is 5.97 Å². The van der Waals surface area contributed by atoms with Crippen molar-refractivity contribution in [3.05, 3.63) is 36.5 Å². The number of esters is 1. The minimum absolute atomic E-state index is 0.00977. The summed E-state index contributed by atoms with van der Waals surface area (Å²) in [7, 11) is 0. The van der Waals surface area contributed by atoms with E-state index in [0.717, 1.165) is 51.4 Å². The predicted molar refractivity (Wildman–Crippen MR) is 259 cm³/mol. The van der Waals surface area contributed by atoms with E-state index in [9.17, 15) is 19.8 Å². The summed E-state index contributed by atoms with van der Waals surface area (Å²) >= 11 is 0. The highest BCUT2D eigenvalue weighted by Gasteiger charge is 2.18. The van der Waals surface area contributed by atoms with Crippen molar-refractivity contribution in [2.45, 2.75) is 283 Å². The Balaban J connectivity index is 3.43. The second kappa shape index (κ2) is 49.7. The Morgan fingerprint density at radius 3 is 1.28 bits per heavy atom. The van der Waals surface area contributed by atoms with Crippen LogP contribution in [0.1, 0.15) is 271 Å². The van der Waals surface area contributed by atoms with Gasteiger partial charge in [0.25, 0.3) is 0 Å². The van der Waals surface area contributed by atoms with Crippen molar-refractivity contribution in [2.24, 2.45) is 0 Å². The lowest BCUT2D eigenvalue weighted by molar-refractivity contribution is -0.143. The van der Waals surface area contributed by atoms with Crippen LogP contribution < -0.4 is 5.32 Å². The third-order valence-corrected chi connectivity index (χ3v) is 11.9. The molecule has 6 heteroatoms. The molecule has 0 saturated carbocycles. The van der Waals surface area contributed by atoms with E-state index in [2.05, 4.69) is 43.5 Å². The van der Waals surface area contributed by atoms with Crippen LogP contribution in [0.15, 0.2) is 36.5 Å². The molecule has 6 nitrogen and oxygen atoms in total. The maximum atomic E-state index is 12.4. The summed E-state index contributed by atoms with van der Waals surface area (Å²) < 4.78 is 5.47. The van der Waals surface area contributed by atoms with Crippen molar-refractivity contribution in [2.75, 3.05) is 13.2 Å². The molecule has 0 fully saturated rings. The Morgan fingerprint density at radius 1 is 0.467 bits per heavy atom. The SMILES string of the molecule is CCCCCC/C=C\C/C=C\CCCCCCCC(=O)OCCCCCCCCCCCCCCCCCCCC(=O)NC(CO)C(O)/C=C/CCCCCCCCCC. The number of carbonyl (C=O) groups is 2. The number of amides is 1. The van der Waals surface area contributed by atoms with Crippen molar-refractivity contribution < 1.29 is 24.5 Å². The van der Waals surface area contributed by atoms with E-state index in [-0.39, 0.29) is 18.5 Å². The van der Waals surface area contributed by atoms with Crippen molar-refractivity contribution in [1.29, 1.82) is 0 Å². The third-order valence-electron chi connectivity index (χ3n) is 11.9. The first-order valence-electron chi connectivity index (χ1n) is 26.3. The Hall–Kier alpha value is -1.92. The molecule has 0 heterocycles. The zero-order valence-corrected chi connectivity index (χ0v) is 39.9. The minimum atomic E-state index is -0.846. The van der Waals surface area contributed by atoms with Crippen molar-refractivity contribution in [3.63, 3.8) is 0 Å². The average molecular weight is 844 g/mol. The molecule has 2 unspecified atom stereocenters. The number of ether oxygens (including phenoxy) is 1. The largest absolute Gasteiger partial charge is 0.466 e. The van der Waals surface area contributed by atoms with Gasteiger partial charge in [0, 0.05) is 12.8 Å². The van der Waals surface area contributed by atoms with Gasteiger partial charge in [0.1, 0.15) is 0 Å². The number of rotatable bonds is 48. The van der Waals surface area contributed by atoms with Gasteiger partial charge in [-0.1, -0.05) is 230 Å². The highest BCUT2D eigenvalue weighted by atomic mass is 16.5. The smallest absolute Gasteiger partial charge is 0.305 e. The van der Waals surface area contributed by atoms with Gasteiger partial charge in [-0.25, -0.2) is 0 Å². The average Bonchev–Trinajstić information content (AvgIpc) is 3.25. The molecule has 0 bridgehead atoms. The molecule has 2 atom stereocenters. The van der Waals surface area contributed by atoms with E-state index in [1.54, 1.807) is 6.08 Å². The lowest BCUT2D eigenvalue weighted by atomic mass is 10.0. The summed E-state index contributed by atoms with van der Waals surface area (Å²) in [5, 5.41) is 22.9. The van der Waals surface area contributed by atoms with Crippen LogP contribution in [0.4, 0.5) is 0 Å². The molecule has 0 spiro atoms. The first-order valence-corrected chi connectivity index (χ1v) is 26.3. The summed E-state index contributed by atoms with van der Waals surface area (Å²) in [6.45, 7) is 4.84. The zero-order chi connectivity index (χ0) is 43.7. The number of aliphatic hydroxyl groups excluding tert-OH is 2. The topological polar surface area (TPSA) is 95.9 Å². The lowest BCUT2D eigenvalue weighted by Crippen LogP contribution is -2.45. The fourth-order valence-corrected chi connectivity index (χ4v) is 7.84. The molecule has 1 amide bonds. The highest BCUT2D eigenvalue weighted by Crippen LogP contribution is 2.16. The molecule has 0 rings (SSSR count). The monoisotopic (exact) mass is 844 g/mol. The van der Waals surface area contributed by atoms with E-state index in [1.807, 2.05) is 6.08 Å². The summed E-state index contributed by atoms with van der Waals surface area (Å²) in [5.74, 6) is -0.0861. The lowest BCUT2D eigenvalue weighted by Gasteiger charge is -2.20. The molecular formula is C54H101NO5. The maximum Gasteiger partial charge on any atom is 0.305 e. The number of nitrogens with one attached hydrogen (secondary N) is 1. The molecule has 352 valence electrons. The van der Waals surface area contributed by atoms with E-state index >= 15 is 0 Å². The molecule has 0 aromatic rings. The van der Waals surface area contributed by atoms with Crippen LogP contribution in [0.25, 0.3) is 0 Å². The zero-order valence-electron chi connectivity index (χ0n) is 39.9. The predicted octanol–water partition coefficient (Wildman–Crippen LogP) is 15.7. The molecular weight excluding hydrogens is 743 g/mol. The van der Waals surface area contributed by atoms with Crippen molar-refractivity contribution >= 4 is 11.9 Å². The number of aliphatic hydroxyl groups is 2. The van der Waals surface area contributed by atoms with Crippen LogP contribution in [0.3, 0.4) is 0 Å². The molecule has 0 aromatic carbocycles. The van der Waals surface area contributed by atoms with Crippen LogP contribution >= 0.6 is 0 Å². The van der Waals surface area contributed by atoms with Gasteiger partial charge in [-0.2, -0.15) is 0 Å². The number of carbonyl (C=O) groups excluding carboxylic acids is 2. The van der Waals surface area contributed by atoms with Crippen LogP contribution in [0, 0.1) is 0 Å². The number of hydrogen-bond donors (Lipinski definition) is 3. The summed E-state index contributed by atoms with van der Waals surface area (Å²) in [4.78, 5) is 24.4. The summed E-state index contributed by atoms with van der Waals surface area (Å²) in [5.41, 5.74) is 0. The van der Waals surface area contributed by atoms with Crippen molar-refractivity contribution in [3.8, 4) is 0 Å². The van der Waals surface area contributed by atoms with Gasteiger partial charge in [-0.3, -0.25) is 9.59 Å². The maximum absolute atomic E-state index is 12.4. The second-order valence-electron chi connectivity index (χ2n) is 17.9. The molecule has 0 radical (unpaired) electrons. The fraction of sp³-hybridized carbons (Fsp3) is 0.852. The number of unbranched alkanes of at least 4 members (excludes halogenated alkanes) is 33. The van der Waals surface area contributed by atoms with Gasteiger partial charge in [-0.15, -0.1) is 0 Å².